The SMILES string of the molecule is CCC(C)Cn1nc(C)c(CCNC(C)C)c1C. The summed E-state index contributed by atoms with van der Waals surface area (Å²) in [6.07, 6.45) is 2.29. The van der Waals surface area contributed by atoms with Gasteiger partial charge in [0.15, 0.2) is 0 Å². The van der Waals surface area contributed by atoms with Gasteiger partial charge in [0.25, 0.3) is 0 Å². The van der Waals surface area contributed by atoms with Gasteiger partial charge in [0.1, 0.15) is 0 Å². The second-order valence-electron chi connectivity index (χ2n) is 5.70. The van der Waals surface area contributed by atoms with Crippen LogP contribution in [0.25, 0.3) is 0 Å². The smallest absolute Gasteiger partial charge is 0.0628 e. The van der Waals surface area contributed by atoms with Crippen LogP contribution < -0.4 is 5.32 Å². The largest absolute Gasteiger partial charge is 0.314 e. The molecule has 0 aliphatic heterocycles. The summed E-state index contributed by atoms with van der Waals surface area (Å²) in [4.78, 5) is 0. The highest BCUT2D eigenvalue weighted by molar-refractivity contribution is 5.24. The van der Waals surface area contributed by atoms with E-state index in [0.717, 1.165) is 19.5 Å². The summed E-state index contributed by atoms with van der Waals surface area (Å²) < 4.78 is 2.19. The second-order valence-corrected chi connectivity index (χ2v) is 5.70. The monoisotopic (exact) mass is 251 g/mol. The molecule has 1 atom stereocenters. The molecular weight excluding hydrogens is 222 g/mol. The van der Waals surface area contributed by atoms with Crippen LogP contribution in [0.5, 0.6) is 0 Å². The van der Waals surface area contributed by atoms with Crippen molar-refractivity contribution in [2.24, 2.45) is 5.92 Å². The Kier molecular flexibility index (Phi) is 5.86. The zero-order chi connectivity index (χ0) is 13.7. The molecular formula is C15H29N3. The highest BCUT2D eigenvalue weighted by Crippen LogP contribution is 2.16. The molecule has 3 heteroatoms. The molecule has 18 heavy (non-hydrogen) atoms. The minimum absolute atomic E-state index is 0.556. The first-order chi connectivity index (χ1) is 8.45. The number of aromatic nitrogens is 2. The second kappa shape index (κ2) is 6.93. The summed E-state index contributed by atoms with van der Waals surface area (Å²) in [5.41, 5.74) is 3.96. The van der Waals surface area contributed by atoms with E-state index in [4.69, 9.17) is 0 Å². The maximum Gasteiger partial charge on any atom is 0.0628 e. The molecule has 0 radical (unpaired) electrons. The van der Waals surface area contributed by atoms with Crippen molar-refractivity contribution in [3.63, 3.8) is 0 Å². The van der Waals surface area contributed by atoms with Crippen molar-refractivity contribution in [3.05, 3.63) is 17.0 Å². The summed E-state index contributed by atoms with van der Waals surface area (Å²) in [7, 11) is 0. The van der Waals surface area contributed by atoms with Gasteiger partial charge in [0.2, 0.25) is 0 Å². The van der Waals surface area contributed by atoms with Crippen LogP contribution >= 0.6 is 0 Å². The molecule has 0 saturated carbocycles. The molecule has 0 aliphatic carbocycles. The summed E-state index contributed by atoms with van der Waals surface area (Å²) in [5, 5.41) is 8.16. The Hall–Kier alpha value is -0.830. The molecule has 1 N–H and O–H groups in total. The minimum atomic E-state index is 0.556. The van der Waals surface area contributed by atoms with Gasteiger partial charge < -0.3 is 5.32 Å². The molecule has 0 amide bonds. The van der Waals surface area contributed by atoms with Gasteiger partial charge in [-0.3, -0.25) is 4.68 Å². The summed E-state index contributed by atoms with van der Waals surface area (Å²) in [6.45, 7) is 15.3. The fraction of sp³-hybridized carbons (Fsp3) is 0.800. The van der Waals surface area contributed by atoms with Crippen LogP contribution in [0.2, 0.25) is 0 Å². The molecule has 3 nitrogen and oxygen atoms in total. The Morgan fingerprint density at radius 3 is 2.44 bits per heavy atom. The number of hydrogen-bond acceptors (Lipinski definition) is 2. The van der Waals surface area contributed by atoms with Gasteiger partial charge in [0.05, 0.1) is 5.69 Å². The summed E-state index contributed by atoms with van der Waals surface area (Å²) in [5.74, 6) is 0.699. The zero-order valence-corrected chi connectivity index (χ0v) is 12.9. The Labute approximate surface area is 112 Å². The quantitative estimate of drug-likeness (QED) is 0.807. The number of aryl methyl sites for hydroxylation is 1. The Bertz CT molecular complexity index is 366. The third-order valence-electron chi connectivity index (χ3n) is 3.64. The molecule has 1 aromatic heterocycles. The van der Waals surface area contributed by atoms with Gasteiger partial charge in [0, 0.05) is 18.3 Å². The molecule has 1 heterocycles. The van der Waals surface area contributed by atoms with Gasteiger partial charge in [-0.1, -0.05) is 34.1 Å². The number of hydrogen-bond donors (Lipinski definition) is 1. The molecule has 0 aromatic carbocycles. The predicted molar refractivity (Wildman–Crippen MR) is 78.0 cm³/mol. The number of rotatable bonds is 7. The maximum atomic E-state index is 4.68. The highest BCUT2D eigenvalue weighted by Gasteiger charge is 2.12. The highest BCUT2D eigenvalue weighted by atomic mass is 15.3. The normalized spacial score (nSPS) is 13.3. The Morgan fingerprint density at radius 2 is 1.89 bits per heavy atom. The summed E-state index contributed by atoms with van der Waals surface area (Å²) in [6, 6.07) is 0.556. The van der Waals surface area contributed by atoms with Crippen LogP contribution in [0.15, 0.2) is 0 Å². The summed E-state index contributed by atoms with van der Waals surface area (Å²) >= 11 is 0. The first-order valence-corrected chi connectivity index (χ1v) is 7.21. The average Bonchev–Trinajstić information content (AvgIpc) is 2.56. The molecule has 0 bridgehead atoms. The first kappa shape index (κ1) is 15.2. The minimum Gasteiger partial charge on any atom is -0.314 e. The fourth-order valence-electron chi connectivity index (χ4n) is 2.18. The van der Waals surface area contributed by atoms with Crippen LogP contribution in [0, 0.1) is 19.8 Å². The Balaban J connectivity index is 2.68. The van der Waals surface area contributed by atoms with Crippen molar-refractivity contribution in [1.82, 2.24) is 15.1 Å². The number of nitrogens with zero attached hydrogens (tertiary/aromatic N) is 2. The average molecular weight is 251 g/mol. The lowest BCUT2D eigenvalue weighted by Crippen LogP contribution is -2.25. The van der Waals surface area contributed by atoms with Crippen LogP contribution in [-0.4, -0.2) is 22.4 Å². The van der Waals surface area contributed by atoms with Gasteiger partial charge in [-0.15, -0.1) is 0 Å². The van der Waals surface area contributed by atoms with Gasteiger partial charge >= 0.3 is 0 Å². The molecule has 1 unspecified atom stereocenters. The molecule has 1 rings (SSSR count). The van der Waals surface area contributed by atoms with Crippen LogP contribution in [0.1, 0.15) is 51.1 Å². The van der Waals surface area contributed by atoms with E-state index in [1.807, 2.05) is 0 Å². The van der Waals surface area contributed by atoms with Crippen molar-refractivity contribution in [3.8, 4) is 0 Å². The van der Waals surface area contributed by atoms with E-state index >= 15 is 0 Å². The van der Waals surface area contributed by atoms with E-state index in [2.05, 4.69) is 56.6 Å². The van der Waals surface area contributed by atoms with Gasteiger partial charge in [-0.25, -0.2) is 0 Å². The van der Waals surface area contributed by atoms with E-state index < -0.39 is 0 Å². The van der Waals surface area contributed by atoms with Crippen LogP contribution in [-0.2, 0) is 13.0 Å². The zero-order valence-electron chi connectivity index (χ0n) is 12.9. The van der Waals surface area contributed by atoms with Gasteiger partial charge in [-0.05, 0) is 38.3 Å². The standard InChI is InChI=1S/C15H29N3/c1-7-12(4)10-18-14(6)15(13(5)17-18)8-9-16-11(2)3/h11-12,16H,7-10H2,1-6H3. The van der Waals surface area contributed by atoms with E-state index in [1.165, 1.54) is 23.4 Å². The lowest BCUT2D eigenvalue weighted by molar-refractivity contribution is 0.431. The first-order valence-electron chi connectivity index (χ1n) is 7.21. The third kappa shape index (κ3) is 4.13. The van der Waals surface area contributed by atoms with E-state index in [-0.39, 0.29) is 0 Å². The third-order valence-corrected chi connectivity index (χ3v) is 3.64. The lowest BCUT2D eigenvalue weighted by atomic mass is 10.1. The van der Waals surface area contributed by atoms with Crippen LogP contribution in [0.3, 0.4) is 0 Å². The predicted octanol–water partition coefficient (Wildman–Crippen LogP) is 3.09. The fourth-order valence-corrected chi connectivity index (χ4v) is 2.18. The van der Waals surface area contributed by atoms with Crippen LogP contribution in [0.4, 0.5) is 0 Å². The van der Waals surface area contributed by atoms with Gasteiger partial charge in [-0.2, -0.15) is 5.10 Å². The van der Waals surface area contributed by atoms with Crippen molar-refractivity contribution in [1.29, 1.82) is 0 Å². The molecule has 0 saturated heterocycles. The van der Waals surface area contributed by atoms with Crippen molar-refractivity contribution in [2.45, 2.75) is 67.0 Å². The molecule has 0 spiro atoms. The topological polar surface area (TPSA) is 29.9 Å². The number of nitrogens with one attached hydrogen (secondary N) is 1. The molecule has 0 fully saturated rings. The lowest BCUT2D eigenvalue weighted by Gasteiger charge is -2.11. The maximum absolute atomic E-state index is 4.68. The van der Waals surface area contributed by atoms with Crippen molar-refractivity contribution < 1.29 is 0 Å². The van der Waals surface area contributed by atoms with E-state index in [1.54, 1.807) is 0 Å². The Morgan fingerprint density at radius 1 is 1.22 bits per heavy atom. The molecule has 1 aromatic rings. The van der Waals surface area contributed by atoms with E-state index in [9.17, 15) is 0 Å². The molecule has 104 valence electrons. The van der Waals surface area contributed by atoms with Crippen molar-refractivity contribution in [2.75, 3.05) is 6.54 Å². The van der Waals surface area contributed by atoms with Crippen molar-refractivity contribution >= 4 is 0 Å². The van der Waals surface area contributed by atoms with E-state index in [0.29, 0.717) is 12.0 Å². The molecule has 0 aliphatic rings.